The second-order valence-electron chi connectivity index (χ2n) is 6.17. The van der Waals surface area contributed by atoms with E-state index in [1.165, 1.54) is 10.4 Å². The van der Waals surface area contributed by atoms with E-state index < -0.39 is 10.0 Å². The minimum atomic E-state index is -3.64. The maximum absolute atomic E-state index is 12.9. The van der Waals surface area contributed by atoms with Gasteiger partial charge >= 0.3 is 0 Å². The predicted molar refractivity (Wildman–Crippen MR) is 98.4 cm³/mol. The third-order valence-electron chi connectivity index (χ3n) is 4.33. The lowest BCUT2D eigenvalue weighted by atomic mass is 10.1. The first-order valence-corrected chi connectivity index (χ1v) is 9.93. The quantitative estimate of drug-likeness (QED) is 0.868. The zero-order chi connectivity index (χ0) is 18.6. The van der Waals surface area contributed by atoms with E-state index in [1.54, 1.807) is 19.1 Å². The number of rotatable bonds is 5. The molecule has 0 aliphatic carbocycles. The summed E-state index contributed by atoms with van der Waals surface area (Å²) in [6, 6.07) is 14.3. The van der Waals surface area contributed by atoms with Gasteiger partial charge in [0.25, 0.3) is 5.91 Å². The molecule has 1 heterocycles. The summed E-state index contributed by atoms with van der Waals surface area (Å²) in [5.41, 5.74) is 1.93. The molecule has 1 aliphatic rings. The fraction of sp³-hybridized carbons (Fsp3) is 0.316. The summed E-state index contributed by atoms with van der Waals surface area (Å²) in [7, 11) is -3.64. The normalized spacial score (nSPS) is 15.6. The van der Waals surface area contributed by atoms with E-state index in [2.05, 4.69) is 5.32 Å². The molecule has 2 aromatic carbocycles. The van der Waals surface area contributed by atoms with E-state index in [9.17, 15) is 13.2 Å². The van der Waals surface area contributed by atoms with Gasteiger partial charge in [-0.05, 0) is 30.2 Å². The highest BCUT2D eigenvalue weighted by atomic mass is 32.2. The molecule has 1 fully saturated rings. The second kappa shape index (κ2) is 7.99. The largest absolute Gasteiger partial charge is 0.379 e. The fourth-order valence-corrected chi connectivity index (χ4v) is 4.48. The zero-order valence-electron chi connectivity index (χ0n) is 14.6. The SMILES string of the molecule is Cc1ccc(C(=O)NCc2ccccc2)cc1S(=O)(=O)N1CCOCC1. The number of sulfonamides is 1. The first-order valence-electron chi connectivity index (χ1n) is 8.49. The third-order valence-corrected chi connectivity index (χ3v) is 6.37. The van der Waals surface area contributed by atoms with Crippen molar-refractivity contribution in [2.24, 2.45) is 0 Å². The molecule has 0 atom stereocenters. The van der Waals surface area contributed by atoms with Crippen molar-refractivity contribution in [3.8, 4) is 0 Å². The molecule has 3 rings (SSSR count). The molecule has 0 aromatic heterocycles. The van der Waals surface area contributed by atoms with Gasteiger partial charge in [0.15, 0.2) is 0 Å². The van der Waals surface area contributed by atoms with E-state index >= 15 is 0 Å². The van der Waals surface area contributed by atoms with Gasteiger partial charge in [0, 0.05) is 25.2 Å². The lowest BCUT2D eigenvalue weighted by molar-refractivity contribution is 0.0730. The Morgan fingerprint density at radius 3 is 2.50 bits per heavy atom. The van der Waals surface area contributed by atoms with Gasteiger partial charge in [-0.3, -0.25) is 4.79 Å². The van der Waals surface area contributed by atoms with Crippen LogP contribution in [0.5, 0.6) is 0 Å². The van der Waals surface area contributed by atoms with E-state index in [0.29, 0.717) is 44.0 Å². The minimum Gasteiger partial charge on any atom is -0.379 e. The van der Waals surface area contributed by atoms with Crippen LogP contribution in [0.1, 0.15) is 21.5 Å². The molecule has 138 valence electrons. The zero-order valence-corrected chi connectivity index (χ0v) is 15.5. The molecule has 6 nitrogen and oxygen atoms in total. The molecular formula is C19H22N2O4S. The number of nitrogens with one attached hydrogen (secondary N) is 1. The van der Waals surface area contributed by atoms with E-state index in [-0.39, 0.29) is 10.8 Å². The molecule has 7 heteroatoms. The van der Waals surface area contributed by atoms with Crippen LogP contribution in [0.4, 0.5) is 0 Å². The summed E-state index contributed by atoms with van der Waals surface area (Å²) >= 11 is 0. The number of carbonyl (C=O) groups excluding carboxylic acids is 1. The Labute approximate surface area is 153 Å². The van der Waals surface area contributed by atoms with Crippen LogP contribution in [-0.4, -0.2) is 44.9 Å². The Bertz CT molecular complexity index is 876. The number of nitrogens with zero attached hydrogens (tertiary/aromatic N) is 1. The first-order chi connectivity index (χ1) is 12.5. The van der Waals surface area contributed by atoms with Crippen LogP contribution in [0.3, 0.4) is 0 Å². The lowest BCUT2D eigenvalue weighted by Gasteiger charge is -2.26. The van der Waals surface area contributed by atoms with Crippen LogP contribution in [0, 0.1) is 6.92 Å². The molecule has 1 amide bonds. The summed E-state index contributed by atoms with van der Waals surface area (Å²) in [5.74, 6) is -0.299. The van der Waals surface area contributed by atoms with Crippen molar-refractivity contribution in [3.63, 3.8) is 0 Å². The number of morpholine rings is 1. The van der Waals surface area contributed by atoms with Crippen LogP contribution in [0.15, 0.2) is 53.4 Å². The number of hydrogen-bond donors (Lipinski definition) is 1. The molecule has 0 radical (unpaired) electrons. The standard InChI is InChI=1S/C19H22N2O4S/c1-15-7-8-17(19(22)20-14-16-5-3-2-4-6-16)13-18(15)26(23,24)21-9-11-25-12-10-21/h2-8,13H,9-12,14H2,1H3,(H,20,22). The fourth-order valence-electron chi connectivity index (χ4n) is 2.83. The van der Waals surface area contributed by atoms with Crippen molar-refractivity contribution in [2.45, 2.75) is 18.4 Å². The number of hydrogen-bond acceptors (Lipinski definition) is 4. The molecule has 1 N–H and O–H groups in total. The number of aryl methyl sites for hydroxylation is 1. The topological polar surface area (TPSA) is 75.7 Å². The highest BCUT2D eigenvalue weighted by molar-refractivity contribution is 7.89. The maximum atomic E-state index is 12.9. The van der Waals surface area contributed by atoms with Crippen LogP contribution in [-0.2, 0) is 21.3 Å². The first kappa shape index (κ1) is 18.6. The molecule has 0 saturated carbocycles. The smallest absolute Gasteiger partial charge is 0.251 e. The summed E-state index contributed by atoms with van der Waals surface area (Å²) in [6.45, 7) is 3.54. The molecule has 2 aromatic rings. The summed E-state index contributed by atoms with van der Waals surface area (Å²) in [4.78, 5) is 12.6. The van der Waals surface area contributed by atoms with Crippen molar-refractivity contribution >= 4 is 15.9 Å². The van der Waals surface area contributed by atoms with Gasteiger partial charge in [0.05, 0.1) is 18.1 Å². The molecule has 26 heavy (non-hydrogen) atoms. The second-order valence-corrected chi connectivity index (χ2v) is 8.07. The average molecular weight is 374 g/mol. The highest BCUT2D eigenvalue weighted by Crippen LogP contribution is 2.22. The van der Waals surface area contributed by atoms with Gasteiger partial charge in [-0.25, -0.2) is 8.42 Å². The summed E-state index contributed by atoms with van der Waals surface area (Å²) in [5, 5.41) is 2.83. The number of carbonyl (C=O) groups is 1. The van der Waals surface area contributed by atoms with Gasteiger partial charge in [-0.2, -0.15) is 4.31 Å². The minimum absolute atomic E-state index is 0.173. The Morgan fingerprint density at radius 2 is 1.81 bits per heavy atom. The molecule has 0 spiro atoms. The molecule has 1 aliphatic heterocycles. The Balaban J connectivity index is 1.79. The highest BCUT2D eigenvalue weighted by Gasteiger charge is 2.28. The third kappa shape index (κ3) is 4.12. The van der Waals surface area contributed by atoms with Gasteiger partial charge < -0.3 is 10.1 Å². The predicted octanol–water partition coefficient (Wildman–Crippen LogP) is 1.95. The Hall–Kier alpha value is -2.22. The molecule has 0 unspecified atom stereocenters. The van der Waals surface area contributed by atoms with Crippen molar-refractivity contribution in [3.05, 3.63) is 65.2 Å². The van der Waals surface area contributed by atoms with E-state index in [4.69, 9.17) is 4.74 Å². The van der Waals surface area contributed by atoms with Gasteiger partial charge in [-0.1, -0.05) is 36.4 Å². The van der Waals surface area contributed by atoms with Crippen molar-refractivity contribution in [1.82, 2.24) is 9.62 Å². The van der Waals surface area contributed by atoms with Crippen molar-refractivity contribution in [2.75, 3.05) is 26.3 Å². The van der Waals surface area contributed by atoms with Crippen LogP contribution < -0.4 is 5.32 Å². The van der Waals surface area contributed by atoms with Gasteiger partial charge in [0.1, 0.15) is 0 Å². The number of benzene rings is 2. The van der Waals surface area contributed by atoms with Crippen molar-refractivity contribution in [1.29, 1.82) is 0 Å². The van der Waals surface area contributed by atoms with E-state index in [0.717, 1.165) is 5.56 Å². The van der Waals surface area contributed by atoms with E-state index in [1.807, 2.05) is 30.3 Å². The Morgan fingerprint density at radius 1 is 1.12 bits per heavy atom. The summed E-state index contributed by atoms with van der Waals surface area (Å²) in [6.07, 6.45) is 0. The summed E-state index contributed by atoms with van der Waals surface area (Å²) < 4.78 is 32.4. The van der Waals surface area contributed by atoms with Crippen molar-refractivity contribution < 1.29 is 17.9 Å². The van der Waals surface area contributed by atoms with Crippen LogP contribution in [0.25, 0.3) is 0 Å². The number of amides is 1. The monoisotopic (exact) mass is 374 g/mol. The average Bonchev–Trinajstić information content (AvgIpc) is 2.68. The molecular weight excluding hydrogens is 352 g/mol. The van der Waals surface area contributed by atoms with Gasteiger partial charge in [-0.15, -0.1) is 0 Å². The number of ether oxygens (including phenoxy) is 1. The molecule has 1 saturated heterocycles. The maximum Gasteiger partial charge on any atom is 0.251 e. The Kier molecular flexibility index (Phi) is 5.70. The van der Waals surface area contributed by atoms with Crippen LogP contribution in [0.2, 0.25) is 0 Å². The molecule has 0 bridgehead atoms. The lowest BCUT2D eigenvalue weighted by Crippen LogP contribution is -2.41. The van der Waals surface area contributed by atoms with Gasteiger partial charge in [0.2, 0.25) is 10.0 Å². The van der Waals surface area contributed by atoms with Crippen LogP contribution >= 0.6 is 0 Å².